The zero-order valence-electron chi connectivity index (χ0n) is 15.5. The van der Waals surface area contributed by atoms with Crippen molar-refractivity contribution in [1.29, 1.82) is 0 Å². The highest BCUT2D eigenvalue weighted by Crippen LogP contribution is 2.13. The molecule has 0 spiro atoms. The maximum absolute atomic E-state index is 5.46. The topological polar surface area (TPSA) is 36.9 Å². The van der Waals surface area contributed by atoms with Crippen molar-refractivity contribution in [3.8, 4) is 0 Å². The Labute approximate surface area is 160 Å². The summed E-state index contributed by atoms with van der Waals surface area (Å²) in [4.78, 5) is 7.05. The molecular weight excluding hydrogens is 401 g/mol. The maximum atomic E-state index is 5.46. The number of aliphatic imine (C=N–C) groups is 1. The Morgan fingerprint density at radius 1 is 1.13 bits per heavy atom. The Morgan fingerprint density at radius 3 is 2.43 bits per heavy atom. The van der Waals surface area contributed by atoms with Crippen LogP contribution in [0.2, 0.25) is 0 Å². The van der Waals surface area contributed by atoms with E-state index in [4.69, 9.17) is 9.73 Å². The zero-order chi connectivity index (χ0) is 16.0. The van der Waals surface area contributed by atoms with Crippen LogP contribution in [0.5, 0.6) is 0 Å². The molecule has 0 aromatic carbocycles. The van der Waals surface area contributed by atoms with Gasteiger partial charge in [0.25, 0.3) is 0 Å². The molecule has 1 aliphatic rings. The number of nitrogens with zero attached hydrogens (tertiary/aromatic N) is 2. The summed E-state index contributed by atoms with van der Waals surface area (Å²) >= 11 is 0. The number of halogens is 1. The largest absolute Gasteiger partial charge is 0.381 e. The Morgan fingerprint density at radius 2 is 1.83 bits per heavy atom. The van der Waals surface area contributed by atoms with Gasteiger partial charge in [-0.05, 0) is 19.8 Å². The molecule has 1 unspecified atom stereocenters. The van der Waals surface area contributed by atoms with Crippen LogP contribution >= 0.6 is 24.0 Å². The first-order chi connectivity index (χ1) is 10.8. The standard InChI is InChI=1S/C18H37N3O.HI/c1-4-6-7-8-9-10-11-13-20-18(19-5-2)21(3)15-17-12-14-22-16-17;/h17H,4-16H2,1-3H3,(H,19,20);1H. The molecule has 1 fully saturated rings. The van der Waals surface area contributed by atoms with Crippen molar-refractivity contribution in [2.24, 2.45) is 10.9 Å². The van der Waals surface area contributed by atoms with Gasteiger partial charge in [0.15, 0.2) is 5.96 Å². The summed E-state index contributed by atoms with van der Waals surface area (Å²) in [7, 11) is 2.14. The summed E-state index contributed by atoms with van der Waals surface area (Å²) < 4.78 is 5.46. The third kappa shape index (κ3) is 11.2. The molecular formula is C18H38IN3O. The first kappa shape index (κ1) is 23.0. The van der Waals surface area contributed by atoms with Crippen molar-refractivity contribution in [2.45, 2.75) is 65.2 Å². The zero-order valence-corrected chi connectivity index (χ0v) is 17.8. The van der Waals surface area contributed by atoms with E-state index in [0.29, 0.717) is 5.92 Å². The maximum Gasteiger partial charge on any atom is 0.193 e. The molecule has 5 heteroatoms. The Balaban J connectivity index is 0.00000484. The smallest absolute Gasteiger partial charge is 0.193 e. The number of hydrogen-bond acceptors (Lipinski definition) is 2. The van der Waals surface area contributed by atoms with Crippen LogP contribution in [0.1, 0.15) is 65.2 Å². The molecule has 0 aliphatic carbocycles. The van der Waals surface area contributed by atoms with Gasteiger partial charge >= 0.3 is 0 Å². The highest BCUT2D eigenvalue weighted by Gasteiger charge is 2.18. The molecule has 0 aromatic heterocycles. The van der Waals surface area contributed by atoms with Gasteiger partial charge in [-0.1, -0.05) is 45.4 Å². The van der Waals surface area contributed by atoms with Crippen LogP contribution in [0.25, 0.3) is 0 Å². The van der Waals surface area contributed by atoms with Crippen molar-refractivity contribution in [3.63, 3.8) is 0 Å². The van der Waals surface area contributed by atoms with Gasteiger partial charge < -0.3 is 15.0 Å². The summed E-state index contributed by atoms with van der Waals surface area (Å²) in [6.07, 6.45) is 10.6. The third-order valence-electron chi connectivity index (χ3n) is 4.28. The molecule has 0 aromatic rings. The fraction of sp³-hybridized carbons (Fsp3) is 0.944. The van der Waals surface area contributed by atoms with Crippen LogP contribution in [0.4, 0.5) is 0 Å². The van der Waals surface area contributed by atoms with Crippen molar-refractivity contribution in [2.75, 3.05) is 39.9 Å². The molecule has 1 saturated heterocycles. The summed E-state index contributed by atoms with van der Waals surface area (Å²) in [5.74, 6) is 1.72. The summed E-state index contributed by atoms with van der Waals surface area (Å²) in [5, 5.41) is 3.41. The second-order valence-electron chi connectivity index (χ2n) is 6.47. The SMILES string of the molecule is CCCCCCCCCN=C(NCC)N(C)CC1CCOC1.I. The predicted molar refractivity (Wildman–Crippen MR) is 111 cm³/mol. The van der Waals surface area contributed by atoms with Crippen molar-refractivity contribution in [1.82, 2.24) is 10.2 Å². The number of nitrogens with one attached hydrogen (secondary N) is 1. The van der Waals surface area contributed by atoms with E-state index in [2.05, 4.69) is 31.1 Å². The van der Waals surface area contributed by atoms with E-state index in [-0.39, 0.29) is 24.0 Å². The Hall–Kier alpha value is -0.0400. The van der Waals surface area contributed by atoms with E-state index >= 15 is 0 Å². The lowest BCUT2D eigenvalue weighted by Gasteiger charge is -2.24. The minimum absolute atomic E-state index is 0. The van der Waals surface area contributed by atoms with Crippen molar-refractivity contribution in [3.05, 3.63) is 0 Å². The summed E-state index contributed by atoms with van der Waals surface area (Å²) in [6.45, 7) is 9.15. The fourth-order valence-electron chi connectivity index (χ4n) is 2.92. The van der Waals surface area contributed by atoms with Crippen LogP contribution in [0, 0.1) is 5.92 Å². The van der Waals surface area contributed by atoms with Gasteiger partial charge in [-0.2, -0.15) is 0 Å². The van der Waals surface area contributed by atoms with Gasteiger partial charge in [0.2, 0.25) is 0 Å². The van der Waals surface area contributed by atoms with E-state index in [0.717, 1.165) is 38.8 Å². The summed E-state index contributed by atoms with van der Waals surface area (Å²) in [5.41, 5.74) is 0. The van der Waals surface area contributed by atoms with E-state index < -0.39 is 0 Å². The first-order valence-corrected chi connectivity index (χ1v) is 9.35. The molecule has 0 radical (unpaired) electrons. The average Bonchev–Trinajstić information content (AvgIpc) is 3.01. The highest BCUT2D eigenvalue weighted by atomic mass is 127. The van der Waals surface area contributed by atoms with Gasteiger partial charge in [-0.3, -0.25) is 4.99 Å². The summed E-state index contributed by atoms with van der Waals surface area (Å²) in [6, 6.07) is 0. The molecule has 1 rings (SSSR count). The normalized spacial score (nSPS) is 17.9. The Kier molecular flexibility index (Phi) is 15.5. The van der Waals surface area contributed by atoms with Gasteiger partial charge in [0, 0.05) is 39.2 Å². The van der Waals surface area contributed by atoms with E-state index in [1.54, 1.807) is 0 Å². The van der Waals surface area contributed by atoms with Gasteiger partial charge in [0.1, 0.15) is 0 Å². The number of unbranched alkanes of at least 4 members (excludes halogenated alkanes) is 6. The van der Waals surface area contributed by atoms with Crippen LogP contribution in [-0.2, 0) is 4.74 Å². The lowest BCUT2D eigenvalue weighted by atomic mass is 10.1. The first-order valence-electron chi connectivity index (χ1n) is 9.35. The second kappa shape index (κ2) is 15.5. The molecule has 23 heavy (non-hydrogen) atoms. The molecule has 1 N–H and O–H groups in total. The molecule has 0 amide bonds. The van der Waals surface area contributed by atoms with Crippen LogP contribution in [0.15, 0.2) is 4.99 Å². The van der Waals surface area contributed by atoms with Crippen molar-refractivity contribution >= 4 is 29.9 Å². The van der Waals surface area contributed by atoms with Crippen LogP contribution < -0.4 is 5.32 Å². The predicted octanol–water partition coefficient (Wildman–Crippen LogP) is 4.29. The minimum atomic E-state index is 0. The van der Waals surface area contributed by atoms with Crippen LogP contribution in [-0.4, -0.2) is 50.8 Å². The lowest BCUT2D eigenvalue weighted by molar-refractivity contribution is 0.181. The number of ether oxygens (including phenoxy) is 1. The molecule has 0 saturated carbocycles. The molecule has 4 nitrogen and oxygen atoms in total. The lowest BCUT2D eigenvalue weighted by Crippen LogP contribution is -2.41. The molecule has 138 valence electrons. The Bertz CT molecular complexity index is 294. The highest BCUT2D eigenvalue weighted by molar-refractivity contribution is 14.0. The molecule has 0 bridgehead atoms. The van der Waals surface area contributed by atoms with Crippen LogP contribution in [0.3, 0.4) is 0 Å². The number of guanidine groups is 1. The van der Waals surface area contributed by atoms with E-state index in [1.807, 2.05) is 0 Å². The van der Waals surface area contributed by atoms with E-state index in [1.165, 1.54) is 51.4 Å². The molecule has 1 aliphatic heterocycles. The average molecular weight is 439 g/mol. The fourth-order valence-corrected chi connectivity index (χ4v) is 2.92. The van der Waals surface area contributed by atoms with E-state index in [9.17, 15) is 0 Å². The van der Waals surface area contributed by atoms with Crippen molar-refractivity contribution < 1.29 is 4.74 Å². The quantitative estimate of drug-likeness (QED) is 0.226. The van der Waals surface area contributed by atoms with Gasteiger partial charge in [0.05, 0.1) is 6.61 Å². The molecule has 1 atom stereocenters. The number of hydrogen-bond donors (Lipinski definition) is 1. The molecule has 1 heterocycles. The van der Waals surface area contributed by atoms with Gasteiger partial charge in [-0.25, -0.2) is 0 Å². The number of rotatable bonds is 11. The second-order valence-corrected chi connectivity index (χ2v) is 6.47. The third-order valence-corrected chi connectivity index (χ3v) is 4.28. The van der Waals surface area contributed by atoms with Gasteiger partial charge in [-0.15, -0.1) is 24.0 Å². The monoisotopic (exact) mass is 439 g/mol. The minimum Gasteiger partial charge on any atom is -0.381 e.